The van der Waals surface area contributed by atoms with Crippen molar-refractivity contribution in [1.82, 2.24) is 9.97 Å². The first-order chi connectivity index (χ1) is 17.5. The molecule has 1 N–H and O–H groups in total. The molecule has 182 valence electrons. The van der Waals surface area contributed by atoms with E-state index in [4.69, 9.17) is 19.4 Å². The minimum atomic E-state index is -0.0859. The predicted molar refractivity (Wildman–Crippen MR) is 143 cm³/mol. The summed E-state index contributed by atoms with van der Waals surface area (Å²) in [6.07, 6.45) is 0.650. The average molecular weight is 498 g/mol. The quantitative estimate of drug-likeness (QED) is 0.202. The van der Waals surface area contributed by atoms with Gasteiger partial charge in [-0.2, -0.15) is 4.98 Å². The van der Waals surface area contributed by atoms with Gasteiger partial charge in [0.05, 0.1) is 17.9 Å². The van der Waals surface area contributed by atoms with Crippen LogP contribution in [0.1, 0.15) is 29.2 Å². The summed E-state index contributed by atoms with van der Waals surface area (Å²) in [5.41, 5.74) is 5.84. The number of fused-ring (bicyclic) bond motifs is 2. The Morgan fingerprint density at radius 2 is 1.86 bits per heavy atom. The molecule has 6 nitrogen and oxygen atoms in total. The van der Waals surface area contributed by atoms with Gasteiger partial charge >= 0.3 is 0 Å². The van der Waals surface area contributed by atoms with E-state index in [-0.39, 0.29) is 11.7 Å². The maximum absolute atomic E-state index is 12.8. The summed E-state index contributed by atoms with van der Waals surface area (Å²) in [5, 5.41) is 3.75. The van der Waals surface area contributed by atoms with Gasteiger partial charge in [0, 0.05) is 17.7 Å². The zero-order chi connectivity index (χ0) is 25.1. The highest BCUT2D eigenvalue weighted by molar-refractivity contribution is 8.00. The number of amides is 1. The second-order valence-electron chi connectivity index (χ2n) is 8.64. The Kier molecular flexibility index (Phi) is 6.91. The summed E-state index contributed by atoms with van der Waals surface area (Å²) in [4.78, 5) is 22.4. The van der Waals surface area contributed by atoms with Crippen LogP contribution in [0.2, 0.25) is 0 Å². The molecule has 4 aromatic rings. The van der Waals surface area contributed by atoms with Gasteiger partial charge in [-0.1, -0.05) is 47.7 Å². The van der Waals surface area contributed by atoms with Crippen LogP contribution in [-0.2, 0) is 11.2 Å². The van der Waals surface area contributed by atoms with E-state index >= 15 is 0 Å². The predicted octanol–water partition coefficient (Wildman–Crippen LogP) is 6.59. The summed E-state index contributed by atoms with van der Waals surface area (Å²) in [6.45, 7) is 6.60. The summed E-state index contributed by atoms with van der Waals surface area (Å²) >= 11 is 1.40. The third-order valence-corrected chi connectivity index (χ3v) is 6.92. The molecule has 0 radical (unpaired) electrons. The van der Waals surface area contributed by atoms with Crippen molar-refractivity contribution in [3.63, 3.8) is 0 Å². The standard InChI is InChI=1S/C29H27N3O3S/c1-4-34-22-12-10-20(11-13-22)27-31-28-23(16-21-15-18(2)9-14-25(21)35-28)29(32-27)36-17-26(33)30-24-8-6-5-7-19(24)3/h5-15H,4,16-17H2,1-3H3,(H,30,33). The van der Waals surface area contributed by atoms with Gasteiger partial charge in [-0.15, -0.1) is 0 Å². The van der Waals surface area contributed by atoms with Crippen LogP contribution < -0.4 is 14.8 Å². The summed E-state index contributed by atoms with van der Waals surface area (Å²) in [6, 6.07) is 21.6. The lowest BCUT2D eigenvalue weighted by molar-refractivity contribution is -0.113. The monoisotopic (exact) mass is 497 g/mol. The Morgan fingerprint density at radius 1 is 1.06 bits per heavy atom. The van der Waals surface area contributed by atoms with E-state index in [1.165, 1.54) is 17.3 Å². The fourth-order valence-corrected chi connectivity index (χ4v) is 4.89. The van der Waals surface area contributed by atoms with E-state index in [1.807, 2.05) is 74.5 Å². The van der Waals surface area contributed by atoms with Gasteiger partial charge in [0.15, 0.2) is 5.82 Å². The number of hydrogen-bond acceptors (Lipinski definition) is 6. The molecule has 0 saturated heterocycles. The van der Waals surface area contributed by atoms with Crippen LogP contribution in [-0.4, -0.2) is 28.2 Å². The van der Waals surface area contributed by atoms with E-state index in [0.717, 1.165) is 44.5 Å². The third-order valence-electron chi connectivity index (χ3n) is 5.90. The molecule has 0 atom stereocenters. The molecule has 0 bridgehead atoms. The molecule has 0 unspecified atom stereocenters. The largest absolute Gasteiger partial charge is 0.494 e. The number of hydrogen-bond donors (Lipinski definition) is 1. The maximum Gasteiger partial charge on any atom is 0.234 e. The van der Waals surface area contributed by atoms with Crippen molar-refractivity contribution in [2.24, 2.45) is 0 Å². The fourth-order valence-electron chi connectivity index (χ4n) is 4.07. The zero-order valence-corrected chi connectivity index (χ0v) is 21.3. The SMILES string of the molecule is CCOc1ccc(-c2nc3c(c(SCC(=O)Nc4ccccc4C)n2)Cc2cc(C)ccc2O3)cc1. The Bertz CT molecular complexity index is 1420. The lowest BCUT2D eigenvalue weighted by atomic mass is 10.0. The number of aryl methyl sites for hydroxylation is 2. The van der Waals surface area contributed by atoms with Crippen LogP contribution in [0.4, 0.5) is 5.69 Å². The molecule has 7 heteroatoms. The van der Waals surface area contributed by atoms with Crippen LogP contribution in [0.25, 0.3) is 11.4 Å². The number of nitrogens with one attached hydrogen (secondary N) is 1. The normalized spacial score (nSPS) is 11.8. The number of carbonyl (C=O) groups excluding carboxylic acids is 1. The number of benzene rings is 3. The molecule has 36 heavy (non-hydrogen) atoms. The Balaban J connectivity index is 1.45. The van der Waals surface area contributed by atoms with Crippen molar-refractivity contribution in [1.29, 1.82) is 0 Å². The topological polar surface area (TPSA) is 73.3 Å². The van der Waals surface area contributed by atoms with Crippen molar-refractivity contribution in [2.45, 2.75) is 32.2 Å². The molecule has 3 aromatic carbocycles. The second-order valence-corrected chi connectivity index (χ2v) is 9.60. The number of aromatic nitrogens is 2. The highest BCUT2D eigenvalue weighted by Crippen LogP contribution is 2.40. The van der Waals surface area contributed by atoms with Crippen molar-refractivity contribution in [3.05, 3.63) is 89.0 Å². The Morgan fingerprint density at radius 3 is 2.64 bits per heavy atom. The lowest BCUT2D eigenvalue weighted by Gasteiger charge is -2.22. The van der Waals surface area contributed by atoms with E-state index in [0.29, 0.717) is 24.7 Å². The van der Waals surface area contributed by atoms with Crippen LogP contribution in [0.15, 0.2) is 71.8 Å². The van der Waals surface area contributed by atoms with E-state index in [9.17, 15) is 4.79 Å². The molecule has 2 heterocycles. The zero-order valence-electron chi connectivity index (χ0n) is 20.5. The molecule has 0 spiro atoms. The van der Waals surface area contributed by atoms with Crippen LogP contribution in [0.5, 0.6) is 17.4 Å². The number of carbonyl (C=O) groups is 1. The molecule has 0 saturated carbocycles. The number of ether oxygens (including phenoxy) is 2. The van der Waals surface area contributed by atoms with E-state index in [2.05, 4.69) is 18.3 Å². The molecular formula is C29H27N3O3S. The minimum absolute atomic E-state index is 0.0859. The molecule has 5 rings (SSSR count). The molecule has 1 aliphatic rings. The molecule has 1 aromatic heterocycles. The van der Waals surface area contributed by atoms with Gasteiger partial charge in [0.2, 0.25) is 11.8 Å². The van der Waals surface area contributed by atoms with Gasteiger partial charge in [-0.3, -0.25) is 4.79 Å². The van der Waals surface area contributed by atoms with E-state index in [1.54, 1.807) is 0 Å². The van der Waals surface area contributed by atoms with Crippen LogP contribution in [0, 0.1) is 13.8 Å². The first kappa shape index (κ1) is 23.9. The molecule has 0 aliphatic carbocycles. The van der Waals surface area contributed by atoms with E-state index < -0.39 is 0 Å². The fraction of sp³-hybridized carbons (Fsp3) is 0.207. The maximum atomic E-state index is 12.8. The van der Waals surface area contributed by atoms with Gasteiger partial charge in [0.25, 0.3) is 0 Å². The van der Waals surface area contributed by atoms with Crippen LogP contribution in [0.3, 0.4) is 0 Å². The minimum Gasteiger partial charge on any atom is -0.494 e. The van der Waals surface area contributed by atoms with Crippen molar-refractivity contribution in [2.75, 3.05) is 17.7 Å². The summed E-state index contributed by atoms with van der Waals surface area (Å²) in [7, 11) is 0. The smallest absolute Gasteiger partial charge is 0.234 e. The first-order valence-corrected chi connectivity index (χ1v) is 12.9. The first-order valence-electron chi connectivity index (χ1n) is 11.9. The summed E-state index contributed by atoms with van der Waals surface area (Å²) in [5.74, 6) is 2.82. The molecule has 0 fully saturated rings. The second kappa shape index (κ2) is 10.4. The number of rotatable bonds is 7. The van der Waals surface area contributed by atoms with Crippen molar-refractivity contribution >= 4 is 23.4 Å². The highest BCUT2D eigenvalue weighted by Gasteiger charge is 2.25. The van der Waals surface area contributed by atoms with Gasteiger partial charge in [0.1, 0.15) is 16.5 Å². The Hall–Kier alpha value is -3.84. The van der Waals surface area contributed by atoms with Gasteiger partial charge < -0.3 is 14.8 Å². The lowest BCUT2D eigenvalue weighted by Crippen LogP contribution is -2.16. The Labute approximate surface area is 215 Å². The highest BCUT2D eigenvalue weighted by atomic mass is 32.2. The van der Waals surface area contributed by atoms with Crippen LogP contribution >= 0.6 is 11.8 Å². The summed E-state index contributed by atoms with van der Waals surface area (Å²) < 4.78 is 11.8. The third kappa shape index (κ3) is 5.21. The number of nitrogens with zero attached hydrogens (tertiary/aromatic N) is 2. The number of thioether (sulfide) groups is 1. The van der Waals surface area contributed by atoms with Gasteiger partial charge in [-0.25, -0.2) is 4.98 Å². The molecule has 1 aliphatic heterocycles. The molecule has 1 amide bonds. The van der Waals surface area contributed by atoms with Crippen molar-refractivity contribution < 1.29 is 14.3 Å². The number of anilines is 1. The number of para-hydroxylation sites is 1. The molecular weight excluding hydrogens is 470 g/mol. The van der Waals surface area contributed by atoms with Crippen molar-refractivity contribution in [3.8, 4) is 28.8 Å². The van der Waals surface area contributed by atoms with Gasteiger partial charge in [-0.05, 0) is 68.3 Å². The average Bonchev–Trinajstić information content (AvgIpc) is 2.88.